The third kappa shape index (κ3) is 4.04. The number of hydrogen-bond acceptors (Lipinski definition) is 4. The van der Waals surface area contributed by atoms with Crippen LogP contribution in [0.25, 0.3) is 0 Å². The monoisotopic (exact) mass is 436 g/mol. The van der Waals surface area contributed by atoms with Crippen LogP contribution in [0.15, 0.2) is 36.5 Å². The highest BCUT2D eigenvalue weighted by Crippen LogP contribution is 2.47. The highest BCUT2D eigenvalue weighted by Gasteiger charge is 2.56. The number of amides is 1. The molecule has 1 amide bonds. The number of H-pyrrole nitrogens is 1. The number of nitrogens with zero attached hydrogens (tertiary/aromatic N) is 3. The number of carboxylic acids is 1. The van der Waals surface area contributed by atoms with Crippen molar-refractivity contribution in [2.45, 2.75) is 50.0 Å². The van der Waals surface area contributed by atoms with Gasteiger partial charge in [0.2, 0.25) is 0 Å². The van der Waals surface area contributed by atoms with Crippen molar-refractivity contribution in [3.63, 3.8) is 0 Å². The second-order valence-electron chi connectivity index (χ2n) is 8.19. The predicted molar refractivity (Wildman–Crippen MR) is 104 cm³/mol. The van der Waals surface area contributed by atoms with E-state index in [0.717, 1.165) is 5.56 Å². The maximum atomic E-state index is 13.8. The van der Waals surface area contributed by atoms with Crippen molar-refractivity contribution in [3.05, 3.63) is 53.3 Å². The van der Waals surface area contributed by atoms with Crippen LogP contribution in [0.1, 0.15) is 52.1 Å². The van der Waals surface area contributed by atoms with Crippen molar-refractivity contribution < 1.29 is 27.9 Å². The molecule has 3 heterocycles. The quantitative estimate of drug-likeness (QED) is 0.768. The molecular weight excluding hydrogens is 413 g/mol. The number of aromatic carboxylic acids is 1. The third-order valence-electron chi connectivity index (χ3n) is 6.51. The van der Waals surface area contributed by atoms with Crippen molar-refractivity contribution in [3.8, 4) is 0 Å². The fourth-order valence-electron chi connectivity index (χ4n) is 4.88. The number of nitrogens with one attached hydrogen (secondary N) is 1. The maximum Gasteiger partial charge on any atom is 0.404 e. The van der Waals surface area contributed by atoms with E-state index in [1.807, 2.05) is 30.3 Å². The van der Waals surface area contributed by atoms with Gasteiger partial charge in [-0.1, -0.05) is 30.3 Å². The van der Waals surface area contributed by atoms with E-state index in [2.05, 4.69) is 10.2 Å². The molecule has 0 radical (unpaired) electrons. The fourth-order valence-corrected chi connectivity index (χ4v) is 4.88. The van der Waals surface area contributed by atoms with Crippen molar-refractivity contribution in [2.24, 2.45) is 0 Å². The summed E-state index contributed by atoms with van der Waals surface area (Å²) >= 11 is 0. The van der Waals surface area contributed by atoms with Crippen LogP contribution in [0, 0.1) is 0 Å². The molecule has 0 aliphatic carbocycles. The van der Waals surface area contributed by atoms with Gasteiger partial charge in [-0.2, -0.15) is 18.3 Å². The van der Waals surface area contributed by atoms with E-state index < -0.39 is 29.6 Å². The Labute approximate surface area is 176 Å². The number of carbonyl (C=O) groups excluding carboxylic acids is 1. The Morgan fingerprint density at radius 1 is 1.16 bits per heavy atom. The van der Waals surface area contributed by atoms with Crippen molar-refractivity contribution in [1.29, 1.82) is 0 Å². The van der Waals surface area contributed by atoms with Crippen LogP contribution < -0.4 is 0 Å². The molecule has 2 aliphatic rings. The Bertz CT molecular complexity index is 952. The van der Waals surface area contributed by atoms with Crippen LogP contribution in [0.5, 0.6) is 0 Å². The van der Waals surface area contributed by atoms with Gasteiger partial charge < -0.3 is 10.0 Å². The highest BCUT2D eigenvalue weighted by atomic mass is 19.4. The summed E-state index contributed by atoms with van der Waals surface area (Å²) in [6.07, 6.45) is -1.89. The molecule has 0 bridgehead atoms. The summed E-state index contributed by atoms with van der Waals surface area (Å²) in [6.45, 7) is 0.724. The minimum atomic E-state index is -4.32. The number of hydrogen-bond donors (Lipinski definition) is 2. The molecule has 1 atom stereocenters. The summed E-state index contributed by atoms with van der Waals surface area (Å²) in [5, 5.41) is 15.1. The van der Waals surface area contributed by atoms with Gasteiger partial charge in [0.25, 0.3) is 5.91 Å². The molecule has 31 heavy (non-hydrogen) atoms. The zero-order chi connectivity index (χ0) is 22.2. The zero-order valence-electron chi connectivity index (χ0n) is 16.7. The number of carbonyl (C=O) groups is 2. The van der Waals surface area contributed by atoms with E-state index in [-0.39, 0.29) is 37.3 Å². The van der Waals surface area contributed by atoms with Crippen molar-refractivity contribution >= 4 is 11.9 Å². The lowest BCUT2D eigenvalue weighted by atomic mass is 9.84. The first-order valence-electron chi connectivity index (χ1n) is 10.1. The number of benzene rings is 1. The Kier molecular flexibility index (Phi) is 5.50. The number of halogens is 3. The predicted octanol–water partition coefficient (Wildman–Crippen LogP) is 3.31. The van der Waals surface area contributed by atoms with E-state index in [1.165, 1.54) is 11.1 Å². The molecule has 2 aliphatic heterocycles. The van der Waals surface area contributed by atoms with Crippen LogP contribution in [0.4, 0.5) is 13.2 Å². The van der Waals surface area contributed by atoms with Gasteiger partial charge in [0.1, 0.15) is 6.04 Å². The lowest BCUT2D eigenvalue weighted by Crippen LogP contribution is -2.56. The first-order valence-corrected chi connectivity index (χ1v) is 10.1. The number of piperidine rings is 1. The van der Waals surface area contributed by atoms with Crippen LogP contribution in [-0.2, 0) is 6.54 Å². The zero-order valence-corrected chi connectivity index (χ0v) is 16.7. The Hall–Kier alpha value is -2.88. The molecule has 166 valence electrons. The number of aromatic nitrogens is 2. The summed E-state index contributed by atoms with van der Waals surface area (Å²) in [5.41, 5.74) is -0.141. The summed E-state index contributed by atoms with van der Waals surface area (Å²) in [6, 6.07) is 7.59. The van der Waals surface area contributed by atoms with Crippen LogP contribution >= 0.6 is 0 Å². The number of aromatic amines is 1. The molecule has 2 N–H and O–H groups in total. The second-order valence-corrected chi connectivity index (χ2v) is 8.19. The number of alkyl halides is 3. The van der Waals surface area contributed by atoms with E-state index in [9.17, 15) is 27.9 Å². The molecule has 1 unspecified atom stereocenters. The van der Waals surface area contributed by atoms with Gasteiger partial charge in [0, 0.05) is 25.2 Å². The molecule has 1 aromatic carbocycles. The number of carboxylic acid groups (broad SMARTS) is 1. The van der Waals surface area contributed by atoms with Gasteiger partial charge in [-0.05, 0) is 31.2 Å². The smallest absolute Gasteiger partial charge is 0.404 e. The fraction of sp³-hybridized carbons (Fsp3) is 0.476. The Morgan fingerprint density at radius 2 is 1.84 bits per heavy atom. The molecule has 2 aromatic rings. The van der Waals surface area contributed by atoms with Crippen LogP contribution in [-0.4, -0.2) is 67.8 Å². The molecule has 2 saturated heterocycles. The molecular formula is C21H23F3N4O3. The van der Waals surface area contributed by atoms with Gasteiger partial charge in [-0.3, -0.25) is 14.8 Å². The molecule has 10 heteroatoms. The minimum absolute atomic E-state index is 0.0369. The average Bonchev–Trinajstić information content (AvgIpc) is 3.35. The lowest BCUT2D eigenvalue weighted by Gasteiger charge is -2.47. The molecule has 4 rings (SSSR count). The first-order chi connectivity index (χ1) is 14.7. The molecule has 2 fully saturated rings. The largest absolute Gasteiger partial charge is 0.477 e. The van der Waals surface area contributed by atoms with Gasteiger partial charge in [0.05, 0.1) is 11.8 Å². The normalized spacial score (nSPS) is 21.5. The SMILES string of the molecule is O=C(O)c1[nH]ncc1C(=O)N1CCC2(CCC(C(F)(F)F)N2Cc2ccccc2)CC1. The maximum absolute atomic E-state index is 13.8. The van der Waals surface area contributed by atoms with Crippen LogP contribution in [0.3, 0.4) is 0 Å². The molecule has 1 aromatic heterocycles. The van der Waals surface area contributed by atoms with Crippen molar-refractivity contribution in [1.82, 2.24) is 20.0 Å². The molecule has 1 spiro atoms. The van der Waals surface area contributed by atoms with Crippen molar-refractivity contribution in [2.75, 3.05) is 13.1 Å². The van der Waals surface area contributed by atoms with E-state index in [1.54, 1.807) is 4.90 Å². The van der Waals surface area contributed by atoms with Gasteiger partial charge in [0.15, 0.2) is 5.69 Å². The lowest BCUT2D eigenvalue weighted by molar-refractivity contribution is -0.188. The summed E-state index contributed by atoms with van der Waals surface area (Å²) in [7, 11) is 0. The number of likely N-dealkylation sites (tertiary alicyclic amines) is 2. The minimum Gasteiger partial charge on any atom is -0.477 e. The van der Waals surface area contributed by atoms with Gasteiger partial charge >= 0.3 is 12.1 Å². The Balaban J connectivity index is 1.53. The standard InChI is InChI=1S/C21H23F3N4O3/c22-21(23,24)16-6-7-20(28(16)13-14-4-2-1-3-5-14)8-10-27(11-9-20)18(29)15-12-25-26-17(15)19(30)31/h1-5,12,16H,6-11,13H2,(H,25,26)(H,30,31). The highest BCUT2D eigenvalue weighted by molar-refractivity contribution is 6.03. The topological polar surface area (TPSA) is 89.5 Å². The second kappa shape index (κ2) is 7.99. The summed E-state index contributed by atoms with van der Waals surface area (Å²) in [4.78, 5) is 27.1. The third-order valence-corrected chi connectivity index (χ3v) is 6.51. The summed E-state index contributed by atoms with van der Waals surface area (Å²) in [5.74, 6) is -1.76. The van der Waals surface area contributed by atoms with Gasteiger partial charge in [-0.15, -0.1) is 0 Å². The number of rotatable bonds is 4. The molecule has 7 nitrogen and oxygen atoms in total. The Morgan fingerprint density at radius 3 is 2.45 bits per heavy atom. The first kappa shape index (κ1) is 21.4. The van der Waals surface area contributed by atoms with Crippen LogP contribution in [0.2, 0.25) is 0 Å². The average molecular weight is 436 g/mol. The van der Waals surface area contributed by atoms with Gasteiger partial charge in [-0.25, -0.2) is 4.79 Å². The molecule has 0 saturated carbocycles. The van der Waals surface area contributed by atoms with E-state index in [4.69, 9.17) is 0 Å². The summed E-state index contributed by atoms with van der Waals surface area (Å²) < 4.78 is 41.4. The van der Waals surface area contributed by atoms with E-state index in [0.29, 0.717) is 19.3 Å². The van der Waals surface area contributed by atoms with E-state index >= 15 is 0 Å².